The first-order chi connectivity index (χ1) is 11.4. The average molecular weight is 309 g/mol. The van der Waals surface area contributed by atoms with Crippen LogP contribution < -0.4 is 0 Å². The van der Waals surface area contributed by atoms with E-state index >= 15 is 0 Å². The molecule has 5 atom stereocenters. The Morgan fingerprint density at radius 1 is 1.09 bits per heavy atom. The molecule has 3 aliphatic heterocycles. The highest BCUT2D eigenvalue weighted by Crippen LogP contribution is 2.69. The fourth-order valence-corrected chi connectivity index (χ4v) is 5.79. The molecule has 1 aliphatic carbocycles. The third kappa shape index (κ3) is 1.82. The van der Waals surface area contributed by atoms with E-state index in [4.69, 9.17) is 4.74 Å². The van der Waals surface area contributed by atoms with Gasteiger partial charge >= 0.3 is 0 Å². The number of ether oxygens (including phenoxy) is 1. The van der Waals surface area contributed by atoms with E-state index in [0.29, 0.717) is 23.9 Å². The quantitative estimate of drug-likeness (QED) is 0.854. The Morgan fingerprint density at radius 3 is 2.35 bits per heavy atom. The van der Waals surface area contributed by atoms with Gasteiger partial charge in [0.25, 0.3) is 0 Å². The Morgan fingerprint density at radius 2 is 1.74 bits per heavy atom. The molecule has 2 bridgehead atoms. The van der Waals surface area contributed by atoms with E-state index in [1.165, 1.54) is 18.4 Å². The lowest BCUT2D eigenvalue weighted by Gasteiger charge is -2.37. The first-order valence-corrected chi connectivity index (χ1v) is 8.90. The number of piperidine rings is 1. The van der Waals surface area contributed by atoms with E-state index in [1.807, 2.05) is 0 Å². The second-order valence-corrected chi connectivity index (χ2v) is 7.46. The van der Waals surface area contributed by atoms with Gasteiger partial charge in [0.15, 0.2) is 0 Å². The molecular weight excluding hydrogens is 286 g/mol. The molecule has 3 saturated heterocycles. The molecule has 4 nitrogen and oxygen atoms in total. The lowest BCUT2D eigenvalue weighted by molar-refractivity contribution is 0.00468. The first-order valence-electron chi connectivity index (χ1n) is 8.90. The standard InChI is InChI=1S/C19H23N3O/c20-13-19(21-8-10-23-11-9-21)17-15-6-7-16(18(17)19)22(15)12-14-4-2-1-3-5-14/h1-5,15-18H,6-12H2/t15-,16+,17-,18+,19?. The van der Waals surface area contributed by atoms with Crippen LogP contribution in [0.25, 0.3) is 0 Å². The summed E-state index contributed by atoms with van der Waals surface area (Å²) in [5, 5.41) is 10.0. The van der Waals surface area contributed by atoms with Crippen LogP contribution in [0.2, 0.25) is 0 Å². The Hall–Kier alpha value is -1.41. The summed E-state index contributed by atoms with van der Waals surface area (Å²) in [4.78, 5) is 5.14. The lowest BCUT2D eigenvalue weighted by atomic mass is 10.0. The molecule has 0 spiro atoms. The number of morpholine rings is 1. The fourth-order valence-electron chi connectivity index (χ4n) is 5.79. The molecule has 0 radical (unpaired) electrons. The minimum Gasteiger partial charge on any atom is -0.379 e. The number of benzene rings is 1. The first kappa shape index (κ1) is 14.0. The zero-order valence-corrected chi connectivity index (χ0v) is 13.4. The molecule has 4 heteroatoms. The van der Waals surface area contributed by atoms with Crippen molar-refractivity contribution in [2.75, 3.05) is 26.3 Å². The van der Waals surface area contributed by atoms with Crippen LogP contribution in [0, 0.1) is 23.2 Å². The second kappa shape index (κ2) is 5.04. The normalized spacial score (nSPS) is 42.4. The molecular formula is C19H23N3O. The largest absolute Gasteiger partial charge is 0.379 e. The van der Waals surface area contributed by atoms with Gasteiger partial charge in [0.2, 0.25) is 0 Å². The van der Waals surface area contributed by atoms with Crippen LogP contribution in [0.4, 0.5) is 0 Å². The summed E-state index contributed by atoms with van der Waals surface area (Å²) in [5.41, 5.74) is 1.22. The van der Waals surface area contributed by atoms with Crippen molar-refractivity contribution < 1.29 is 4.74 Å². The smallest absolute Gasteiger partial charge is 0.118 e. The molecule has 1 saturated carbocycles. The maximum atomic E-state index is 10.0. The van der Waals surface area contributed by atoms with Crippen molar-refractivity contribution >= 4 is 0 Å². The van der Waals surface area contributed by atoms with Gasteiger partial charge < -0.3 is 4.74 Å². The molecule has 1 aromatic rings. The van der Waals surface area contributed by atoms with Crippen molar-refractivity contribution in [3.8, 4) is 6.07 Å². The number of nitrogens with zero attached hydrogens (tertiary/aromatic N) is 3. The van der Waals surface area contributed by atoms with Crippen LogP contribution in [0.3, 0.4) is 0 Å². The number of hydrogen-bond donors (Lipinski definition) is 0. The third-order valence-corrected chi connectivity index (χ3v) is 6.65. The van der Waals surface area contributed by atoms with Crippen LogP contribution in [0.15, 0.2) is 30.3 Å². The number of fused-ring (bicyclic) bond motifs is 5. The van der Waals surface area contributed by atoms with Crippen molar-refractivity contribution in [2.24, 2.45) is 11.8 Å². The Balaban J connectivity index is 1.38. The summed E-state index contributed by atoms with van der Waals surface area (Å²) in [6, 6.07) is 14.7. The van der Waals surface area contributed by atoms with Crippen LogP contribution in [0.5, 0.6) is 0 Å². The third-order valence-electron chi connectivity index (χ3n) is 6.65. The summed E-state index contributed by atoms with van der Waals surface area (Å²) in [6.07, 6.45) is 2.54. The van der Waals surface area contributed by atoms with Gasteiger partial charge in [0.05, 0.1) is 19.3 Å². The minimum absolute atomic E-state index is 0.178. The maximum Gasteiger partial charge on any atom is 0.118 e. The Kier molecular flexibility index (Phi) is 3.06. The topological polar surface area (TPSA) is 39.5 Å². The van der Waals surface area contributed by atoms with Crippen LogP contribution in [0.1, 0.15) is 18.4 Å². The molecule has 0 aromatic heterocycles. The van der Waals surface area contributed by atoms with Crippen molar-refractivity contribution in [3.63, 3.8) is 0 Å². The molecule has 4 aliphatic rings. The Bertz CT molecular complexity index is 616. The van der Waals surface area contributed by atoms with Gasteiger partial charge in [-0.2, -0.15) is 5.26 Å². The summed E-state index contributed by atoms with van der Waals surface area (Å²) >= 11 is 0. The zero-order chi connectivity index (χ0) is 15.4. The molecule has 0 amide bonds. The van der Waals surface area contributed by atoms with Gasteiger partial charge in [-0.1, -0.05) is 30.3 Å². The zero-order valence-electron chi connectivity index (χ0n) is 13.4. The fraction of sp³-hybridized carbons (Fsp3) is 0.632. The van der Waals surface area contributed by atoms with Crippen molar-refractivity contribution in [3.05, 3.63) is 35.9 Å². The van der Waals surface area contributed by atoms with E-state index in [2.05, 4.69) is 46.2 Å². The molecule has 5 rings (SSSR count). The molecule has 3 heterocycles. The predicted molar refractivity (Wildman–Crippen MR) is 86.5 cm³/mol. The van der Waals surface area contributed by atoms with Crippen LogP contribution in [-0.2, 0) is 11.3 Å². The molecule has 0 N–H and O–H groups in total. The number of nitriles is 1. The van der Waals surface area contributed by atoms with Gasteiger partial charge in [0, 0.05) is 43.6 Å². The second-order valence-electron chi connectivity index (χ2n) is 7.46. The van der Waals surface area contributed by atoms with Crippen LogP contribution in [-0.4, -0.2) is 53.7 Å². The Labute approximate surface area is 137 Å². The van der Waals surface area contributed by atoms with Gasteiger partial charge in [0.1, 0.15) is 5.54 Å². The van der Waals surface area contributed by atoms with Gasteiger partial charge in [-0.3, -0.25) is 9.80 Å². The van der Waals surface area contributed by atoms with E-state index < -0.39 is 0 Å². The van der Waals surface area contributed by atoms with E-state index in [1.54, 1.807) is 0 Å². The minimum atomic E-state index is -0.178. The molecule has 1 unspecified atom stereocenters. The van der Waals surface area contributed by atoms with Gasteiger partial charge in [-0.25, -0.2) is 0 Å². The summed E-state index contributed by atoms with van der Waals surface area (Å²) in [5.74, 6) is 1.13. The van der Waals surface area contributed by atoms with Crippen molar-refractivity contribution in [1.29, 1.82) is 5.26 Å². The monoisotopic (exact) mass is 309 g/mol. The summed E-state index contributed by atoms with van der Waals surface area (Å²) in [6.45, 7) is 4.48. The summed E-state index contributed by atoms with van der Waals surface area (Å²) < 4.78 is 5.50. The highest BCUT2D eigenvalue weighted by Gasteiger charge is 2.80. The van der Waals surface area contributed by atoms with E-state index in [-0.39, 0.29) is 5.54 Å². The molecule has 1 aromatic carbocycles. The average Bonchev–Trinajstić information content (AvgIpc) is 3.05. The maximum absolute atomic E-state index is 10.0. The molecule has 120 valence electrons. The summed E-state index contributed by atoms with van der Waals surface area (Å²) in [7, 11) is 0. The number of rotatable bonds is 3. The molecule has 23 heavy (non-hydrogen) atoms. The molecule has 4 fully saturated rings. The highest BCUT2D eigenvalue weighted by molar-refractivity contribution is 5.40. The lowest BCUT2D eigenvalue weighted by Crippen LogP contribution is -2.51. The number of hydrogen-bond acceptors (Lipinski definition) is 4. The SMILES string of the molecule is N#CC1(N2CCOCC2)[C@@H]2[C@H]1[C@H]1CC[C@@H]2N1Cc1ccccc1. The van der Waals surface area contributed by atoms with E-state index in [9.17, 15) is 5.26 Å². The predicted octanol–water partition coefficient (Wildman–Crippen LogP) is 1.87. The van der Waals surface area contributed by atoms with Gasteiger partial charge in [-0.15, -0.1) is 0 Å². The van der Waals surface area contributed by atoms with Gasteiger partial charge in [-0.05, 0) is 18.4 Å². The highest BCUT2D eigenvalue weighted by atomic mass is 16.5. The van der Waals surface area contributed by atoms with Crippen molar-refractivity contribution in [1.82, 2.24) is 9.80 Å². The van der Waals surface area contributed by atoms with Crippen molar-refractivity contribution in [2.45, 2.75) is 37.0 Å². The van der Waals surface area contributed by atoms with E-state index in [0.717, 1.165) is 32.8 Å². The van der Waals surface area contributed by atoms with Crippen LogP contribution >= 0.6 is 0 Å².